The van der Waals surface area contributed by atoms with Gasteiger partial charge in [-0.05, 0) is 64.7 Å². The van der Waals surface area contributed by atoms with E-state index >= 15 is 0 Å². The van der Waals surface area contributed by atoms with Crippen LogP contribution in [0.15, 0.2) is 17.5 Å². The number of rotatable bonds is 7. The summed E-state index contributed by atoms with van der Waals surface area (Å²) in [5.74, 6) is 0. The van der Waals surface area contributed by atoms with Crippen LogP contribution in [0.2, 0.25) is 0 Å². The van der Waals surface area contributed by atoms with Crippen molar-refractivity contribution in [2.24, 2.45) is 0 Å². The summed E-state index contributed by atoms with van der Waals surface area (Å²) in [4.78, 5) is 4.04. The molecule has 114 valence electrons. The van der Waals surface area contributed by atoms with Crippen LogP contribution in [0.1, 0.15) is 50.3 Å². The smallest absolute Gasteiger partial charge is 0.0190 e. The summed E-state index contributed by atoms with van der Waals surface area (Å²) in [5, 5.41) is 5.81. The molecule has 0 spiro atoms. The molecule has 1 aromatic heterocycles. The van der Waals surface area contributed by atoms with E-state index in [2.05, 4.69) is 48.7 Å². The van der Waals surface area contributed by atoms with Crippen molar-refractivity contribution in [2.45, 2.75) is 63.5 Å². The monoisotopic (exact) mass is 294 g/mol. The van der Waals surface area contributed by atoms with Gasteiger partial charge < -0.3 is 10.2 Å². The van der Waals surface area contributed by atoms with Gasteiger partial charge in [0.15, 0.2) is 0 Å². The molecule has 1 aliphatic rings. The number of nitrogens with one attached hydrogen (secondary N) is 1. The van der Waals surface area contributed by atoms with Crippen molar-refractivity contribution in [2.75, 3.05) is 20.6 Å². The third-order valence-electron chi connectivity index (χ3n) is 5.11. The highest BCUT2D eigenvalue weighted by atomic mass is 32.1. The van der Waals surface area contributed by atoms with Crippen molar-refractivity contribution in [1.29, 1.82) is 0 Å². The number of nitrogens with zero attached hydrogens (tertiary/aromatic N) is 1. The Morgan fingerprint density at radius 1 is 1.35 bits per heavy atom. The molecule has 20 heavy (non-hydrogen) atoms. The summed E-state index contributed by atoms with van der Waals surface area (Å²) in [5.41, 5.74) is 0.412. The Morgan fingerprint density at radius 2 is 2.10 bits per heavy atom. The molecule has 3 heteroatoms. The number of hydrogen-bond donors (Lipinski definition) is 1. The highest BCUT2D eigenvalue weighted by Crippen LogP contribution is 2.31. The van der Waals surface area contributed by atoms with E-state index in [1.807, 2.05) is 11.3 Å². The van der Waals surface area contributed by atoms with E-state index in [1.54, 1.807) is 0 Å². The molecule has 0 radical (unpaired) electrons. The van der Waals surface area contributed by atoms with Gasteiger partial charge in [-0.3, -0.25) is 0 Å². The molecule has 1 fully saturated rings. The van der Waals surface area contributed by atoms with Gasteiger partial charge in [0.2, 0.25) is 0 Å². The predicted octanol–water partition coefficient (Wildman–Crippen LogP) is 3.92. The molecule has 0 aromatic carbocycles. The van der Waals surface area contributed by atoms with Crippen molar-refractivity contribution in [3.8, 4) is 0 Å². The molecular weight excluding hydrogens is 264 g/mol. The molecule has 0 bridgehead atoms. The number of hydrogen-bond acceptors (Lipinski definition) is 3. The molecule has 1 aromatic rings. The summed E-state index contributed by atoms with van der Waals surface area (Å²) in [6.45, 7) is 3.56. The zero-order chi connectivity index (χ0) is 14.4. The first kappa shape index (κ1) is 16.0. The normalized spacial score (nSPS) is 20.2. The van der Waals surface area contributed by atoms with Gasteiger partial charge in [0, 0.05) is 16.5 Å². The topological polar surface area (TPSA) is 15.3 Å². The summed E-state index contributed by atoms with van der Waals surface area (Å²) in [6, 6.07) is 5.04. The molecule has 1 aliphatic carbocycles. The summed E-state index contributed by atoms with van der Waals surface area (Å²) >= 11 is 1.88. The zero-order valence-corrected chi connectivity index (χ0v) is 14.1. The molecule has 1 N–H and O–H groups in total. The van der Waals surface area contributed by atoms with Crippen molar-refractivity contribution in [3.63, 3.8) is 0 Å². The standard InChI is InChI=1S/C17H30N2S/c1-15(14-16-8-7-13-20-16)19(3)12-11-17(18-2)9-5-4-6-10-17/h7-8,13,15,18H,4-6,9-12,14H2,1-3H3. The van der Waals surface area contributed by atoms with Gasteiger partial charge in [-0.2, -0.15) is 0 Å². The van der Waals surface area contributed by atoms with Crippen molar-refractivity contribution >= 4 is 11.3 Å². The van der Waals surface area contributed by atoms with Crippen LogP contribution in [-0.4, -0.2) is 37.1 Å². The zero-order valence-electron chi connectivity index (χ0n) is 13.3. The maximum atomic E-state index is 3.63. The van der Waals surface area contributed by atoms with Crippen LogP contribution < -0.4 is 5.32 Å². The Morgan fingerprint density at radius 3 is 2.70 bits per heavy atom. The lowest BCUT2D eigenvalue weighted by atomic mass is 9.79. The minimum Gasteiger partial charge on any atom is -0.314 e. The molecule has 1 saturated carbocycles. The predicted molar refractivity (Wildman–Crippen MR) is 89.6 cm³/mol. The first-order chi connectivity index (χ1) is 9.65. The maximum Gasteiger partial charge on any atom is 0.0190 e. The number of thiophene rings is 1. The maximum absolute atomic E-state index is 3.63. The molecule has 1 unspecified atom stereocenters. The first-order valence-electron chi connectivity index (χ1n) is 8.07. The van der Waals surface area contributed by atoms with E-state index in [1.165, 1.54) is 56.4 Å². The summed E-state index contributed by atoms with van der Waals surface area (Å²) in [7, 11) is 4.44. The minimum atomic E-state index is 0.412. The van der Waals surface area contributed by atoms with Crippen molar-refractivity contribution < 1.29 is 0 Å². The average Bonchev–Trinajstić information content (AvgIpc) is 2.98. The Kier molecular flexibility index (Phi) is 6.06. The molecule has 2 nitrogen and oxygen atoms in total. The van der Waals surface area contributed by atoms with Gasteiger partial charge in [0.1, 0.15) is 0 Å². The van der Waals surface area contributed by atoms with Gasteiger partial charge in [-0.25, -0.2) is 0 Å². The summed E-state index contributed by atoms with van der Waals surface area (Å²) < 4.78 is 0. The van der Waals surface area contributed by atoms with E-state index in [4.69, 9.17) is 0 Å². The van der Waals surface area contributed by atoms with Gasteiger partial charge in [0.05, 0.1) is 0 Å². The molecule has 1 atom stereocenters. The van der Waals surface area contributed by atoms with Crippen LogP contribution in [0.4, 0.5) is 0 Å². The lowest BCUT2D eigenvalue weighted by Gasteiger charge is -2.39. The second-order valence-electron chi connectivity index (χ2n) is 6.45. The Hall–Kier alpha value is -0.380. The lowest BCUT2D eigenvalue weighted by molar-refractivity contribution is 0.176. The largest absolute Gasteiger partial charge is 0.314 e. The quantitative estimate of drug-likeness (QED) is 0.820. The second-order valence-corrected chi connectivity index (χ2v) is 7.49. The fraction of sp³-hybridized carbons (Fsp3) is 0.765. The Balaban J connectivity index is 1.79. The van der Waals surface area contributed by atoms with Gasteiger partial charge in [0.25, 0.3) is 0 Å². The van der Waals surface area contributed by atoms with Gasteiger partial charge in [-0.1, -0.05) is 25.3 Å². The van der Waals surface area contributed by atoms with Crippen LogP contribution in [0, 0.1) is 0 Å². The van der Waals surface area contributed by atoms with E-state index in [0.29, 0.717) is 11.6 Å². The van der Waals surface area contributed by atoms with E-state index in [-0.39, 0.29) is 0 Å². The lowest BCUT2D eigenvalue weighted by Crippen LogP contribution is -2.47. The minimum absolute atomic E-state index is 0.412. The highest BCUT2D eigenvalue weighted by molar-refractivity contribution is 7.09. The van der Waals surface area contributed by atoms with Gasteiger partial charge >= 0.3 is 0 Å². The molecule has 0 aliphatic heterocycles. The molecule has 2 rings (SSSR count). The second kappa shape index (κ2) is 7.58. The van der Waals surface area contributed by atoms with Crippen LogP contribution in [0.5, 0.6) is 0 Å². The highest BCUT2D eigenvalue weighted by Gasteiger charge is 2.30. The Labute approximate surface area is 128 Å². The fourth-order valence-electron chi connectivity index (χ4n) is 3.34. The van der Waals surface area contributed by atoms with Crippen LogP contribution in [-0.2, 0) is 6.42 Å². The SMILES string of the molecule is CNC1(CCN(C)C(C)Cc2cccs2)CCCCC1. The number of likely N-dealkylation sites (N-methyl/N-ethyl adjacent to an activating group) is 1. The van der Waals surface area contributed by atoms with Crippen LogP contribution in [0.25, 0.3) is 0 Å². The molecule has 1 heterocycles. The van der Waals surface area contributed by atoms with Crippen LogP contribution in [0.3, 0.4) is 0 Å². The molecule has 0 saturated heterocycles. The third kappa shape index (κ3) is 4.31. The van der Waals surface area contributed by atoms with E-state index in [0.717, 1.165) is 0 Å². The van der Waals surface area contributed by atoms with E-state index < -0.39 is 0 Å². The van der Waals surface area contributed by atoms with Crippen molar-refractivity contribution in [1.82, 2.24) is 10.2 Å². The van der Waals surface area contributed by atoms with Crippen LogP contribution >= 0.6 is 11.3 Å². The first-order valence-corrected chi connectivity index (χ1v) is 8.95. The Bertz CT molecular complexity index is 368. The van der Waals surface area contributed by atoms with Crippen molar-refractivity contribution in [3.05, 3.63) is 22.4 Å². The average molecular weight is 295 g/mol. The summed E-state index contributed by atoms with van der Waals surface area (Å²) in [6.07, 6.45) is 9.40. The fourth-order valence-corrected chi connectivity index (χ4v) is 4.17. The molecule has 0 amide bonds. The van der Waals surface area contributed by atoms with E-state index in [9.17, 15) is 0 Å². The third-order valence-corrected chi connectivity index (χ3v) is 6.01. The molecular formula is C17H30N2S. The van der Waals surface area contributed by atoms with Gasteiger partial charge in [-0.15, -0.1) is 11.3 Å².